The maximum Gasteiger partial charge on any atom is 0.246 e. The fraction of sp³-hybridized carbons (Fsp3) is 0.417. The van der Waals surface area contributed by atoms with E-state index in [1.807, 2.05) is 17.5 Å². The second-order valence-electron chi connectivity index (χ2n) is 3.87. The molecule has 96 valence electrons. The first kappa shape index (κ1) is 12.8. The number of rotatable bonds is 6. The van der Waals surface area contributed by atoms with Crippen LogP contribution in [0, 0.1) is 0 Å². The number of carbonyl (C=O) groups excluding carboxylic acids is 1. The van der Waals surface area contributed by atoms with E-state index in [0.29, 0.717) is 24.7 Å². The molecule has 18 heavy (non-hydrogen) atoms. The van der Waals surface area contributed by atoms with Gasteiger partial charge in [0.15, 0.2) is 0 Å². The van der Waals surface area contributed by atoms with E-state index in [0.717, 1.165) is 17.7 Å². The lowest BCUT2D eigenvalue weighted by atomic mass is 10.2. The SMILES string of the molecule is CCCCC(=O)NCc1nc(-c2cccs2)no1. The zero-order valence-electron chi connectivity index (χ0n) is 10.2. The molecule has 2 aromatic rings. The summed E-state index contributed by atoms with van der Waals surface area (Å²) in [6.45, 7) is 2.35. The van der Waals surface area contributed by atoms with Gasteiger partial charge in [-0.25, -0.2) is 0 Å². The standard InChI is InChI=1S/C12H15N3O2S/c1-2-3-6-10(16)13-8-11-14-12(15-17-11)9-5-4-7-18-9/h4-5,7H,2-3,6,8H2,1H3,(H,13,16). The molecule has 1 N–H and O–H groups in total. The van der Waals surface area contributed by atoms with Gasteiger partial charge < -0.3 is 9.84 Å². The van der Waals surface area contributed by atoms with Gasteiger partial charge in [0.05, 0.1) is 11.4 Å². The Morgan fingerprint density at radius 1 is 1.56 bits per heavy atom. The minimum absolute atomic E-state index is 0.0210. The smallest absolute Gasteiger partial charge is 0.246 e. The highest BCUT2D eigenvalue weighted by atomic mass is 32.1. The van der Waals surface area contributed by atoms with E-state index in [2.05, 4.69) is 22.4 Å². The number of amides is 1. The Bertz CT molecular complexity index is 493. The Morgan fingerprint density at radius 2 is 2.44 bits per heavy atom. The fourth-order valence-corrected chi connectivity index (χ4v) is 2.08. The van der Waals surface area contributed by atoms with Crippen LogP contribution in [0.3, 0.4) is 0 Å². The van der Waals surface area contributed by atoms with Crippen molar-refractivity contribution in [1.82, 2.24) is 15.5 Å². The van der Waals surface area contributed by atoms with Gasteiger partial charge in [-0.1, -0.05) is 24.6 Å². The molecule has 0 saturated carbocycles. The van der Waals surface area contributed by atoms with Crippen LogP contribution in [0.25, 0.3) is 10.7 Å². The van der Waals surface area contributed by atoms with Crippen LogP contribution in [0.15, 0.2) is 22.0 Å². The van der Waals surface area contributed by atoms with Gasteiger partial charge in [0, 0.05) is 6.42 Å². The molecule has 0 fully saturated rings. The van der Waals surface area contributed by atoms with Gasteiger partial charge in [-0.05, 0) is 17.9 Å². The third-order valence-electron chi connectivity index (χ3n) is 2.40. The van der Waals surface area contributed by atoms with Gasteiger partial charge >= 0.3 is 0 Å². The topological polar surface area (TPSA) is 68.0 Å². The molecule has 0 aliphatic heterocycles. The lowest BCUT2D eigenvalue weighted by molar-refractivity contribution is -0.121. The van der Waals surface area contributed by atoms with E-state index >= 15 is 0 Å². The normalized spacial score (nSPS) is 10.5. The van der Waals surface area contributed by atoms with Crippen LogP contribution in [0.4, 0.5) is 0 Å². The summed E-state index contributed by atoms with van der Waals surface area (Å²) in [5.74, 6) is 1.03. The molecule has 0 unspecified atom stereocenters. The summed E-state index contributed by atoms with van der Waals surface area (Å²) in [6, 6.07) is 3.86. The third kappa shape index (κ3) is 3.40. The summed E-state index contributed by atoms with van der Waals surface area (Å²) >= 11 is 1.55. The average Bonchev–Trinajstić information content (AvgIpc) is 3.03. The summed E-state index contributed by atoms with van der Waals surface area (Å²) in [4.78, 5) is 16.6. The molecule has 2 rings (SSSR count). The van der Waals surface area contributed by atoms with Crippen molar-refractivity contribution in [3.63, 3.8) is 0 Å². The van der Waals surface area contributed by atoms with Crippen molar-refractivity contribution < 1.29 is 9.32 Å². The molecule has 0 aliphatic carbocycles. The predicted molar refractivity (Wildman–Crippen MR) is 69.0 cm³/mol. The lowest BCUT2D eigenvalue weighted by Crippen LogP contribution is -2.22. The summed E-state index contributed by atoms with van der Waals surface area (Å²) in [6.07, 6.45) is 2.45. The summed E-state index contributed by atoms with van der Waals surface area (Å²) in [7, 11) is 0. The van der Waals surface area contributed by atoms with Gasteiger partial charge in [0.25, 0.3) is 0 Å². The average molecular weight is 265 g/mol. The first-order valence-corrected chi connectivity index (χ1v) is 6.80. The Kier molecular flexibility index (Phi) is 4.46. The van der Waals surface area contributed by atoms with Crippen molar-refractivity contribution in [1.29, 1.82) is 0 Å². The molecule has 0 aliphatic rings. The van der Waals surface area contributed by atoms with Crippen LogP contribution < -0.4 is 5.32 Å². The zero-order valence-corrected chi connectivity index (χ0v) is 11.0. The van der Waals surface area contributed by atoms with Crippen LogP contribution >= 0.6 is 11.3 Å². The van der Waals surface area contributed by atoms with Gasteiger partial charge in [0.2, 0.25) is 17.6 Å². The van der Waals surface area contributed by atoms with Crippen molar-refractivity contribution in [2.45, 2.75) is 32.7 Å². The van der Waals surface area contributed by atoms with Crippen molar-refractivity contribution in [2.75, 3.05) is 0 Å². The highest BCUT2D eigenvalue weighted by Gasteiger charge is 2.10. The number of aromatic nitrogens is 2. The van der Waals surface area contributed by atoms with Crippen LogP contribution in [0.2, 0.25) is 0 Å². The number of thiophene rings is 1. The summed E-state index contributed by atoms with van der Waals surface area (Å²) < 4.78 is 5.07. The second-order valence-corrected chi connectivity index (χ2v) is 4.82. The molecule has 0 spiro atoms. The van der Waals surface area contributed by atoms with Gasteiger partial charge in [-0.2, -0.15) is 4.98 Å². The number of unbranched alkanes of at least 4 members (excludes halogenated alkanes) is 1. The molecule has 0 radical (unpaired) electrons. The molecular weight excluding hydrogens is 250 g/mol. The van der Waals surface area contributed by atoms with Crippen LogP contribution in [0.1, 0.15) is 32.1 Å². The second kappa shape index (κ2) is 6.30. The number of nitrogens with one attached hydrogen (secondary N) is 1. The molecule has 0 atom stereocenters. The first-order chi connectivity index (χ1) is 8.79. The van der Waals surface area contributed by atoms with E-state index in [-0.39, 0.29) is 5.91 Å². The zero-order chi connectivity index (χ0) is 12.8. The van der Waals surface area contributed by atoms with Crippen molar-refractivity contribution in [2.24, 2.45) is 0 Å². The summed E-state index contributed by atoms with van der Waals surface area (Å²) in [5.41, 5.74) is 0. The minimum Gasteiger partial charge on any atom is -0.347 e. The number of hydrogen-bond acceptors (Lipinski definition) is 5. The number of nitrogens with zero attached hydrogens (tertiary/aromatic N) is 2. The molecule has 5 nitrogen and oxygen atoms in total. The van der Waals surface area contributed by atoms with Crippen LogP contribution in [-0.4, -0.2) is 16.0 Å². The highest BCUT2D eigenvalue weighted by molar-refractivity contribution is 7.13. The van der Waals surface area contributed by atoms with E-state index < -0.39 is 0 Å². The maximum atomic E-state index is 11.4. The monoisotopic (exact) mass is 265 g/mol. The van der Waals surface area contributed by atoms with Crippen LogP contribution in [-0.2, 0) is 11.3 Å². The van der Waals surface area contributed by atoms with Gasteiger partial charge in [-0.3, -0.25) is 4.79 Å². The molecular formula is C12H15N3O2S. The quantitative estimate of drug-likeness (QED) is 0.871. The van der Waals surface area contributed by atoms with Gasteiger partial charge in [-0.15, -0.1) is 11.3 Å². The van der Waals surface area contributed by atoms with E-state index in [4.69, 9.17) is 4.52 Å². The predicted octanol–water partition coefficient (Wildman–Crippen LogP) is 2.60. The van der Waals surface area contributed by atoms with E-state index in [9.17, 15) is 4.79 Å². The molecule has 2 aromatic heterocycles. The lowest BCUT2D eigenvalue weighted by Gasteiger charge is -2.00. The third-order valence-corrected chi connectivity index (χ3v) is 3.27. The molecule has 1 amide bonds. The largest absolute Gasteiger partial charge is 0.347 e. The molecule has 6 heteroatoms. The Labute approximate surface area is 109 Å². The Balaban J connectivity index is 1.86. The van der Waals surface area contributed by atoms with Crippen molar-refractivity contribution in [3.8, 4) is 10.7 Å². The number of hydrogen-bond donors (Lipinski definition) is 1. The first-order valence-electron chi connectivity index (χ1n) is 5.92. The number of carbonyl (C=O) groups is 1. The van der Waals surface area contributed by atoms with Crippen molar-refractivity contribution in [3.05, 3.63) is 23.4 Å². The molecule has 0 bridgehead atoms. The molecule has 0 saturated heterocycles. The fourth-order valence-electron chi connectivity index (χ4n) is 1.43. The van der Waals surface area contributed by atoms with E-state index in [1.54, 1.807) is 11.3 Å². The van der Waals surface area contributed by atoms with Gasteiger partial charge in [0.1, 0.15) is 0 Å². The Morgan fingerprint density at radius 3 is 3.17 bits per heavy atom. The van der Waals surface area contributed by atoms with E-state index in [1.165, 1.54) is 0 Å². The minimum atomic E-state index is 0.0210. The molecule has 0 aromatic carbocycles. The highest BCUT2D eigenvalue weighted by Crippen LogP contribution is 2.21. The maximum absolute atomic E-state index is 11.4. The van der Waals surface area contributed by atoms with Crippen molar-refractivity contribution >= 4 is 17.2 Å². The molecule has 2 heterocycles. The Hall–Kier alpha value is -1.69. The van der Waals surface area contributed by atoms with Crippen LogP contribution in [0.5, 0.6) is 0 Å². The summed E-state index contributed by atoms with van der Waals surface area (Å²) in [5, 5.41) is 8.59.